The summed E-state index contributed by atoms with van der Waals surface area (Å²) in [5.74, 6) is -0.378. The van der Waals surface area contributed by atoms with Crippen molar-refractivity contribution in [2.75, 3.05) is 50.0 Å². The molecule has 2 saturated heterocycles. The number of esters is 1. The van der Waals surface area contributed by atoms with Crippen molar-refractivity contribution in [1.82, 2.24) is 4.90 Å². The van der Waals surface area contributed by atoms with Crippen LogP contribution in [0.2, 0.25) is 0 Å². The zero-order valence-corrected chi connectivity index (χ0v) is 21.0. The van der Waals surface area contributed by atoms with Crippen LogP contribution in [0.4, 0.5) is 11.4 Å². The molecular weight excluding hydrogens is 450 g/mol. The first kappa shape index (κ1) is 24.8. The molecule has 6 unspecified atom stereocenters. The van der Waals surface area contributed by atoms with E-state index < -0.39 is 11.2 Å². The number of ether oxygens (including phenoxy) is 2. The monoisotopic (exact) mass is 488 g/mol. The van der Waals surface area contributed by atoms with Crippen molar-refractivity contribution in [1.29, 1.82) is 0 Å². The number of nitrogens with zero attached hydrogens (tertiary/aromatic N) is 3. The number of benzene rings is 1. The first-order valence-corrected chi connectivity index (χ1v) is 12.8. The number of aliphatic hydroxyl groups is 1. The zero-order chi connectivity index (χ0) is 25.0. The van der Waals surface area contributed by atoms with Gasteiger partial charge in [-0.2, -0.15) is 0 Å². The maximum absolute atomic E-state index is 13.0. The highest BCUT2D eigenvalue weighted by atomic mass is 16.8. The minimum atomic E-state index is -0.987. The Morgan fingerprint density at radius 3 is 2.46 bits per heavy atom. The molecule has 0 bridgehead atoms. The van der Waals surface area contributed by atoms with E-state index in [1.165, 1.54) is 0 Å². The third-order valence-corrected chi connectivity index (χ3v) is 9.72. The van der Waals surface area contributed by atoms with E-state index in [1.807, 2.05) is 19.1 Å². The standard InChI is InChI=1S/C26H38N3O6/c1-24-9-4-10-25(2,34-3)26(24,31)15-20-21(23(30)35-22(20)16-24)17-27-11-13-28(14-12-27)18-5-7-19(8-6-18)29(32)33/h5-8,20-22,31-32H,4,9-17H2,1-3H3/q-1. The van der Waals surface area contributed by atoms with Gasteiger partial charge in [-0.1, -0.05) is 6.92 Å². The Morgan fingerprint density at radius 1 is 1.14 bits per heavy atom. The number of carbonyl (C=O) groups is 1. The van der Waals surface area contributed by atoms with Crippen LogP contribution in [0.15, 0.2) is 24.3 Å². The van der Waals surface area contributed by atoms with Crippen LogP contribution < -0.4 is 10.1 Å². The summed E-state index contributed by atoms with van der Waals surface area (Å²) in [7, 11) is 1.69. The lowest BCUT2D eigenvalue weighted by atomic mass is 9.49. The molecule has 2 aliphatic heterocycles. The smallest absolute Gasteiger partial charge is 0.310 e. The van der Waals surface area contributed by atoms with E-state index in [0.717, 1.165) is 51.1 Å². The summed E-state index contributed by atoms with van der Waals surface area (Å²) in [6.45, 7) is 8.04. The van der Waals surface area contributed by atoms with Gasteiger partial charge >= 0.3 is 5.97 Å². The quantitative estimate of drug-likeness (QED) is 0.478. The molecule has 0 amide bonds. The molecule has 9 nitrogen and oxygen atoms in total. The average Bonchev–Trinajstić information content (AvgIpc) is 3.12. The molecular formula is C26H38N3O6-. The number of hydrogen-bond acceptors (Lipinski definition) is 9. The van der Waals surface area contributed by atoms with E-state index >= 15 is 0 Å². The molecule has 2 aliphatic carbocycles. The summed E-state index contributed by atoms with van der Waals surface area (Å²) < 4.78 is 11.8. The first-order valence-electron chi connectivity index (χ1n) is 12.8. The lowest BCUT2D eigenvalue weighted by Gasteiger charge is -2.62. The van der Waals surface area contributed by atoms with Crippen LogP contribution in [-0.2, 0) is 14.3 Å². The Kier molecular flexibility index (Phi) is 6.29. The highest BCUT2D eigenvalue weighted by Gasteiger charge is 2.67. The van der Waals surface area contributed by atoms with Gasteiger partial charge < -0.3 is 29.9 Å². The van der Waals surface area contributed by atoms with Gasteiger partial charge in [0, 0.05) is 56.9 Å². The third kappa shape index (κ3) is 4.01. The Balaban J connectivity index is 1.25. The van der Waals surface area contributed by atoms with Gasteiger partial charge in [0.25, 0.3) is 0 Å². The van der Waals surface area contributed by atoms with E-state index in [4.69, 9.17) is 14.7 Å². The second-order valence-electron chi connectivity index (χ2n) is 11.4. The summed E-state index contributed by atoms with van der Waals surface area (Å²) in [6.07, 6.45) is 3.82. The van der Waals surface area contributed by atoms with Crippen LogP contribution in [0.3, 0.4) is 0 Å². The van der Waals surface area contributed by atoms with E-state index in [9.17, 15) is 15.1 Å². The fourth-order valence-electron chi connectivity index (χ4n) is 7.35. The molecule has 2 heterocycles. The molecule has 2 saturated carbocycles. The van der Waals surface area contributed by atoms with E-state index in [-0.39, 0.29) is 40.2 Å². The molecule has 194 valence electrons. The number of hydrogen-bond donors (Lipinski definition) is 2. The van der Waals surface area contributed by atoms with Gasteiger partial charge in [0.1, 0.15) is 6.10 Å². The topological polar surface area (TPSA) is 109 Å². The predicted molar refractivity (Wildman–Crippen MR) is 131 cm³/mol. The number of piperazine rings is 1. The summed E-state index contributed by atoms with van der Waals surface area (Å²) in [5.41, 5.74) is -0.733. The molecule has 6 atom stereocenters. The SMILES string of the molecule is COC1(C)CCCC2(C)CC3OC(=O)C(CN4CCN(c5ccc(N([O-])O)cc5)CC4)C3CC21O. The highest BCUT2D eigenvalue weighted by Crippen LogP contribution is 2.61. The predicted octanol–water partition coefficient (Wildman–Crippen LogP) is 2.78. The third-order valence-electron chi connectivity index (χ3n) is 9.72. The van der Waals surface area contributed by atoms with E-state index in [2.05, 4.69) is 16.7 Å². The van der Waals surface area contributed by atoms with Crippen molar-refractivity contribution in [2.45, 2.75) is 63.3 Å². The molecule has 1 aromatic carbocycles. The van der Waals surface area contributed by atoms with Crippen molar-refractivity contribution in [3.63, 3.8) is 0 Å². The normalized spacial score (nSPS) is 39.7. The highest BCUT2D eigenvalue weighted by molar-refractivity contribution is 5.75. The van der Waals surface area contributed by atoms with Crippen LogP contribution in [0.5, 0.6) is 0 Å². The van der Waals surface area contributed by atoms with Gasteiger partial charge in [-0.25, -0.2) is 0 Å². The largest absolute Gasteiger partial charge is 0.733 e. The second-order valence-corrected chi connectivity index (χ2v) is 11.4. The summed E-state index contributed by atoms with van der Waals surface area (Å²) in [5, 5.41) is 32.0. The Morgan fingerprint density at radius 2 is 1.83 bits per heavy atom. The molecule has 0 radical (unpaired) electrons. The first-order chi connectivity index (χ1) is 16.6. The Bertz CT molecular complexity index is 936. The lowest BCUT2D eigenvalue weighted by Crippen LogP contribution is -2.69. The van der Waals surface area contributed by atoms with E-state index in [1.54, 1.807) is 19.2 Å². The van der Waals surface area contributed by atoms with Crippen LogP contribution in [0.1, 0.15) is 46.0 Å². The van der Waals surface area contributed by atoms with Gasteiger partial charge in [-0.05, 0) is 63.3 Å². The van der Waals surface area contributed by atoms with Gasteiger partial charge in [0.2, 0.25) is 0 Å². The molecule has 1 aromatic rings. The molecule has 0 aromatic heterocycles. The van der Waals surface area contributed by atoms with Gasteiger partial charge in [0.15, 0.2) is 0 Å². The number of rotatable bonds is 5. The molecule has 0 spiro atoms. The van der Waals surface area contributed by atoms with Crippen molar-refractivity contribution in [2.24, 2.45) is 17.3 Å². The van der Waals surface area contributed by atoms with Crippen LogP contribution >= 0.6 is 0 Å². The maximum Gasteiger partial charge on any atom is 0.310 e. The fourth-order valence-corrected chi connectivity index (χ4v) is 7.35. The average molecular weight is 489 g/mol. The van der Waals surface area contributed by atoms with Crippen LogP contribution in [-0.4, -0.2) is 78.3 Å². The minimum Gasteiger partial charge on any atom is -0.733 e. The van der Waals surface area contributed by atoms with Crippen molar-refractivity contribution in [3.05, 3.63) is 29.5 Å². The molecule has 4 fully saturated rings. The van der Waals surface area contributed by atoms with Gasteiger partial charge in [-0.3, -0.25) is 14.9 Å². The second kappa shape index (κ2) is 8.88. The van der Waals surface area contributed by atoms with Gasteiger partial charge in [-0.15, -0.1) is 0 Å². The number of carbonyl (C=O) groups excluding carboxylic acids is 1. The van der Waals surface area contributed by atoms with E-state index in [0.29, 0.717) is 19.4 Å². The molecule has 9 heteroatoms. The van der Waals surface area contributed by atoms with Crippen molar-refractivity contribution in [3.8, 4) is 0 Å². The summed E-state index contributed by atoms with van der Waals surface area (Å²) >= 11 is 0. The zero-order valence-electron chi connectivity index (χ0n) is 21.0. The van der Waals surface area contributed by atoms with Crippen molar-refractivity contribution >= 4 is 17.3 Å². The summed E-state index contributed by atoms with van der Waals surface area (Å²) in [6, 6.07) is 6.87. The summed E-state index contributed by atoms with van der Waals surface area (Å²) in [4.78, 5) is 17.6. The number of anilines is 2. The Hall–Kier alpha value is -1.91. The van der Waals surface area contributed by atoms with Crippen LogP contribution in [0, 0.1) is 22.5 Å². The lowest BCUT2D eigenvalue weighted by molar-refractivity contribution is -0.270. The van der Waals surface area contributed by atoms with Gasteiger partial charge in [0.05, 0.1) is 22.8 Å². The molecule has 2 N–H and O–H groups in total. The molecule has 35 heavy (non-hydrogen) atoms. The fraction of sp³-hybridized carbons (Fsp3) is 0.731. The van der Waals surface area contributed by atoms with Crippen LogP contribution in [0.25, 0.3) is 0 Å². The Labute approximate surface area is 207 Å². The van der Waals surface area contributed by atoms with Crippen molar-refractivity contribution < 1.29 is 24.6 Å². The molecule has 4 aliphatic rings. The number of methoxy groups -OCH3 is 1. The minimum absolute atomic E-state index is 0.00718. The maximum atomic E-state index is 13.0. The molecule has 5 rings (SSSR count). The number of fused-ring (bicyclic) bond motifs is 2.